The van der Waals surface area contributed by atoms with E-state index in [1.165, 1.54) is 18.3 Å². The summed E-state index contributed by atoms with van der Waals surface area (Å²) in [4.78, 5) is 19.4. The molecule has 2 heterocycles. The molecule has 0 unspecified atom stereocenters. The van der Waals surface area contributed by atoms with Crippen LogP contribution in [0.4, 0.5) is 0 Å². The van der Waals surface area contributed by atoms with Crippen molar-refractivity contribution in [1.29, 1.82) is 0 Å². The smallest absolute Gasteiger partial charge is 0.258 e. The average molecular weight is 430 g/mol. The van der Waals surface area contributed by atoms with E-state index in [1.54, 1.807) is 24.3 Å². The van der Waals surface area contributed by atoms with Crippen molar-refractivity contribution in [1.82, 2.24) is 4.98 Å². The van der Waals surface area contributed by atoms with Crippen LogP contribution in [0, 0.1) is 0 Å². The van der Waals surface area contributed by atoms with E-state index in [-0.39, 0.29) is 30.7 Å². The highest BCUT2D eigenvalue weighted by atomic mass is 16.7. The van der Waals surface area contributed by atoms with Crippen molar-refractivity contribution in [3.8, 4) is 40.0 Å². The number of aromatic amines is 1. The van der Waals surface area contributed by atoms with Crippen LogP contribution < -0.4 is 15.0 Å². The molecule has 1 aromatic heterocycles. The molecule has 0 fully saturated rings. The fourth-order valence-corrected chi connectivity index (χ4v) is 3.73. The Balaban J connectivity index is 1.62. The van der Waals surface area contributed by atoms with Crippen LogP contribution in [-0.4, -0.2) is 33.3 Å². The molecule has 0 saturated carbocycles. The molecule has 0 saturated heterocycles. The van der Waals surface area contributed by atoms with Gasteiger partial charge in [-0.25, -0.2) is 0 Å². The van der Waals surface area contributed by atoms with E-state index < -0.39 is 5.56 Å². The number of aromatic nitrogens is 1. The summed E-state index contributed by atoms with van der Waals surface area (Å²) in [6, 6.07) is 15.2. The molecule has 0 amide bonds. The molecule has 4 N–H and O–H groups in total. The van der Waals surface area contributed by atoms with Gasteiger partial charge in [0, 0.05) is 17.0 Å². The van der Waals surface area contributed by atoms with Gasteiger partial charge in [0.2, 0.25) is 12.7 Å². The van der Waals surface area contributed by atoms with Gasteiger partial charge in [0.15, 0.2) is 23.0 Å². The second-order valence-corrected chi connectivity index (χ2v) is 7.31. The SMILES string of the molecule is O=c1[nH]c(O)c(C=NCc2ccc(O)c(O)c2)c2c(-c3ccc4c(c3)OCO4)cccc12. The van der Waals surface area contributed by atoms with Gasteiger partial charge in [0.25, 0.3) is 5.56 Å². The van der Waals surface area contributed by atoms with Gasteiger partial charge < -0.3 is 24.8 Å². The normalized spacial score (nSPS) is 12.6. The quantitative estimate of drug-likeness (QED) is 0.289. The number of fused-ring (bicyclic) bond motifs is 2. The summed E-state index contributed by atoms with van der Waals surface area (Å²) >= 11 is 0. The molecule has 1 aliphatic rings. The molecule has 5 rings (SSSR count). The Morgan fingerprint density at radius 1 is 0.969 bits per heavy atom. The molecule has 0 atom stereocenters. The third-order valence-corrected chi connectivity index (χ3v) is 5.28. The first-order valence-corrected chi connectivity index (χ1v) is 9.80. The first-order valence-electron chi connectivity index (χ1n) is 9.80. The lowest BCUT2D eigenvalue weighted by Gasteiger charge is -2.11. The highest BCUT2D eigenvalue weighted by Gasteiger charge is 2.18. The molecular weight excluding hydrogens is 412 g/mol. The molecule has 160 valence electrons. The number of aromatic hydroxyl groups is 3. The Bertz CT molecular complexity index is 1440. The number of nitrogens with one attached hydrogen (secondary N) is 1. The number of ether oxygens (including phenoxy) is 2. The topological polar surface area (TPSA) is 124 Å². The maximum atomic E-state index is 12.5. The Morgan fingerprint density at radius 3 is 2.66 bits per heavy atom. The lowest BCUT2D eigenvalue weighted by molar-refractivity contribution is 0.174. The number of phenolic OH excluding ortho intramolecular Hbond substituents is 2. The Labute approximate surface area is 181 Å². The average Bonchev–Trinajstić information content (AvgIpc) is 3.26. The van der Waals surface area contributed by atoms with Crippen molar-refractivity contribution < 1.29 is 24.8 Å². The monoisotopic (exact) mass is 430 g/mol. The summed E-state index contributed by atoms with van der Waals surface area (Å²) < 4.78 is 10.9. The number of benzene rings is 3. The van der Waals surface area contributed by atoms with Gasteiger partial charge in [-0.15, -0.1) is 0 Å². The van der Waals surface area contributed by atoms with Gasteiger partial charge in [0.1, 0.15) is 0 Å². The van der Waals surface area contributed by atoms with Gasteiger partial charge in [-0.1, -0.05) is 24.3 Å². The maximum absolute atomic E-state index is 12.5. The lowest BCUT2D eigenvalue weighted by atomic mass is 9.96. The predicted molar refractivity (Wildman–Crippen MR) is 119 cm³/mol. The summed E-state index contributed by atoms with van der Waals surface area (Å²) in [6.45, 7) is 0.347. The van der Waals surface area contributed by atoms with Crippen LogP contribution in [0.2, 0.25) is 0 Å². The number of rotatable bonds is 4. The van der Waals surface area contributed by atoms with E-state index in [2.05, 4.69) is 9.98 Å². The van der Waals surface area contributed by atoms with Crippen LogP contribution >= 0.6 is 0 Å². The molecule has 4 aromatic rings. The van der Waals surface area contributed by atoms with Crippen LogP contribution in [-0.2, 0) is 6.54 Å². The van der Waals surface area contributed by atoms with E-state index in [1.807, 2.05) is 18.2 Å². The largest absolute Gasteiger partial charge is 0.504 e. The van der Waals surface area contributed by atoms with Crippen molar-refractivity contribution in [3.05, 3.63) is 76.1 Å². The minimum atomic E-state index is -0.416. The number of phenols is 2. The van der Waals surface area contributed by atoms with Crippen LogP contribution in [0.3, 0.4) is 0 Å². The van der Waals surface area contributed by atoms with Crippen molar-refractivity contribution in [2.45, 2.75) is 6.54 Å². The highest BCUT2D eigenvalue weighted by Crippen LogP contribution is 2.39. The number of hydrogen-bond acceptors (Lipinski definition) is 7. The molecule has 0 radical (unpaired) electrons. The zero-order valence-corrected chi connectivity index (χ0v) is 16.7. The van der Waals surface area contributed by atoms with Gasteiger partial charge in [-0.05, 0) is 47.0 Å². The minimum absolute atomic E-state index is 0.152. The third-order valence-electron chi connectivity index (χ3n) is 5.28. The molecule has 8 nitrogen and oxygen atoms in total. The van der Waals surface area contributed by atoms with Crippen LogP contribution in [0.15, 0.2) is 64.4 Å². The fraction of sp³-hybridized carbons (Fsp3) is 0.0833. The Hall–Kier alpha value is -4.46. The van der Waals surface area contributed by atoms with E-state index in [0.717, 1.165) is 11.1 Å². The van der Waals surface area contributed by atoms with Gasteiger partial charge >= 0.3 is 0 Å². The van der Waals surface area contributed by atoms with Crippen molar-refractivity contribution in [2.75, 3.05) is 6.79 Å². The van der Waals surface area contributed by atoms with Gasteiger partial charge in [-0.2, -0.15) is 0 Å². The molecule has 0 bridgehead atoms. The zero-order chi connectivity index (χ0) is 22.2. The van der Waals surface area contributed by atoms with Crippen LogP contribution in [0.5, 0.6) is 28.9 Å². The predicted octanol–water partition coefficient (Wildman–Crippen LogP) is 3.66. The lowest BCUT2D eigenvalue weighted by Crippen LogP contribution is -2.09. The molecule has 32 heavy (non-hydrogen) atoms. The molecule has 0 aliphatic carbocycles. The third kappa shape index (κ3) is 3.37. The molecule has 1 aliphatic heterocycles. The summed E-state index contributed by atoms with van der Waals surface area (Å²) in [5.41, 5.74) is 2.13. The Kier molecular flexibility index (Phi) is 4.67. The number of aliphatic imine (C=N–C) groups is 1. The second-order valence-electron chi connectivity index (χ2n) is 7.31. The van der Waals surface area contributed by atoms with Gasteiger partial charge in [0.05, 0.1) is 12.1 Å². The first-order chi connectivity index (χ1) is 15.5. The zero-order valence-electron chi connectivity index (χ0n) is 16.7. The van der Waals surface area contributed by atoms with Crippen molar-refractivity contribution in [2.24, 2.45) is 4.99 Å². The summed E-state index contributed by atoms with van der Waals surface area (Å²) in [5.74, 6) is 0.507. The standard InChI is InChI=1S/C24H18N2O6/c27-18-6-4-13(8-19(18)28)10-25-11-17-22-15(2-1-3-16(22)23(29)26-24(17)30)14-5-7-20-21(9-14)32-12-31-20/h1-9,11,27-28H,10,12H2,(H2,26,29,30). The van der Waals surface area contributed by atoms with Crippen LogP contribution in [0.25, 0.3) is 21.9 Å². The maximum Gasteiger partial charge on any atom is 0.258 e. The second kappa shape index (κ2) is 7.66. The molecule has 3 aromatic carbocycles. The number of hydrogen-bond donors (Lipinski definition) is 4. The minimum Gasteiger partial charge on any atom is -0.504 e. The van der Waals surface area contributed by atoms with E-state index in [9.17, 15) is 20.1 Å². The number of pyridine rings is 1. The van der Waals surface area contributed by atoms with Gasteiger partial charge in [-0.3, -0.25) is 14.8 Å². The summed E-state index contributed by atoms with van der Waals surface area (Å²) in [6.07, 6.45) is 1.48. The molecular formula is C24H18N2O6. The van der Waals surface area contributed by atoms with E-state index in [0.29, 0.717) is 33.4 Å². The van der Waals surface area contributed by atoms with Crippen molar-refractivity contribution in [3.63, 3.8) is 0 Å². The first kappa shape index (κ1) is 19.5. The van der Waals surface area contributed by atoms with E-state index >= 15 is 0 Å². The summed E-state index contributed by atoms with van der Waals surface area (Å²) in [5, 5.41) is 30.6. The summed E-state index contributed by atoms with van der Waals surface area (Å²) in [7, 11) is 0. The number of H-pyrrole nitrogens is 1. The number of nitrogens with zero attached hydrogens (tertiary/aromatic N) is 1. The molecule has 0 spiro atoms. The Morgan fingerprint density at radius 2 is 1.81 bits per heavy atom. The van der Waals surface area contributed by atoms with Crippen LogP contribution in [0.1, 0.15) is 11.1 Å². The van der Waals surface area contributed by atoms with Crippen molar-refractivity contribution >= 4 is 17.0 Å². The fourth-order valence-electron chi connectivity index (χ4n) is 3.73. The van der Waals surface area contributed by atoms with E-state index in [4.69, 9.17) is 9.47 Å². The molecule has 8 heteroatoms. The highest BCUT2D eigenvalue weighted by molar-refractivity contribution is 6.08.